The molecule has 1 aliphatic heterocycles. The zero-order chi connectivity index (χ0) is 21.0. The van der Waals surface area contributed by atoms with Crippen molar-refractivity contribution in [2.75, 3.05) is 20.8 Å². The molecular formula is C22H24N2O5. The molecule has 0 saturated heterocycles. The molecule has 1 atom stereocenters. The van der Waals surface area contributed by atoms with Crippen LogP contribution in [0.2, 0.25) is 0 Å². The van der Waals surface area contributed by atoms with E-state index in [1.165, 1.54) is 0 Å². The third kappa shape index (κ3) is 4.39. The van der Waals surface area contributed by atoms with Crippen LogP contribution in [-0.2, 0) is 16.0 Å². The highest BCUT2D eigenvalue weighted by molar-refractivity contribution is 6.09. The van der Waals surface area contributed by atoms with Crippen molar-refractivity contribution < 1.29 is 23.9 Å². The van der Waals surface area contributed by atoms with Crippen LogP contribution in [0, 0.1) is 0 Å². The summed E-state index contributed by atoms with van der Waals surface area (Å²) in [4.78, 5) is 38.5. The van der Waals surface area contributed by atoms with Crippen molar-refractivity contribution in [2.45, 2.75) is 25.8 Å². The van der Waals surface area contributed by atoms with E-state index in [1.807, 2.05) is 6.92 Å². The van der Waals surface area contributed by atoms with Crippen molar-refractivity contribution in [3.05, 3.63) is 59.2 Å². The van der Waals surface area contributed by atoms with Gasteiger partial charge in [0, 0.05) is 24.1 Å². The molecule has 1 N–H and O–H groups in total. The lowest BCUT2D eigenvalue weighted by Gasteiger charge is -2.26. The molecule has 2 aromatic carbocycles. The van der Waals surface area contributed by atoms with E-state index in [1.54, 1.807) is 56.7 Å². The van der Waals surface area contributed by atoms with Gasteiger partial charge in [-0.25, -0.2) is 0 Å². The highest BCUT2D eigenvalue weighted by atomic mass is 16.5. The third-order valence-electron chi connectivity index (χ3n) is 4.98. The minimum Gasteiger partial charge on any atom is -0.497 e. The lowest BCUT2D eigenvalue weighted by Crippen LogP contribution is -2.44. The van der Waals surface area contributed by atoms with Crippen LogP contribution in [-0.4, -0.2) is 43.4 Å². The number of fused-ring (bicyclic) bond motifs is 1. The van der Waals surface area contributed by atoms with E-state index in [4.69, 9.17) is 9.47 Å². The van der Waals surface area contributed by atoms with Crippen LogP contribution < -0.4 is 14.8 Å². The highest BCUT2D eigenvalue weighted by Gasteiger charge is 2.30. The van der Waals surface area contributed by atoms with Gasteiger partial charge < -0.3 is 14.8 Å². The Morgan fingerprint density at radius 1 is 1.14 bits per heavy atom. The number of carbonyl (C=O) groups excluding carboxylic acids is 3. The van der Waals surface area contributed by atoms with Crippen LogP contribution in [0.25, 0.3) is 0 Å². The molecule has 152 valence electrons. The van der Waals surface area contributed by atoms with E-state index in [0.717, 1.165) is 16.0 Å². The van der Waals surface area contributed by atoms with Crippen LogP contribution in [0.15, 0.2) is 42.5 Å². The number of carbonyl (C=O) groups is 3. The summed E-state index contributed by atoms with van der Waals surface area (Å²) in [6.45, 7) is 1.88. The molecule has 0 fully saturated rings. The first-order chi connectivity index (χ1) is 13.9. The molecule has 0 aliphatic carbocycles. The predicted molar refractivity (Wildman–Crippen MR) is 107 cm³/mol. The van der Waals surface area contributed by atoms with E-state index >= 15 is 0 Å². The number of imide groups is 1. The zero-order valence-corrected chi connectivity index (χ0v) is 16.7. The van der Waals surface area contributed by atoms with Crippen LogP contribution in [0.1, 0.15) is 40.9 Å². The second-order valence-electron chi connectivity index (χ2n) is 6.83. The van der Waals surface area contributed by atoms with Gasteiger partial charge in [0.2, 0.25) is 11.8 Å². The van der Waals surface area contributed by atoms with Crippen LogP contribution in [0.4, 0.5) is 0 Å². The highest BCUT2D eigenvalue weighted by Crippen LogP contribution is 2.29. The lowest BCUT2D eigenvalue weighted by molar-refractivity contribution is -0.129. The Morgan fingerprint density at radius 3 is 2.62 bits per heavy atom. The summed E-state index contributed by atoms with van der Waals surface area (Å²) in [7, 11) is 3.13. The standard InChI is InChI=1S/C22H24N2O5/c1-14(18-13-16(28-2)8-9-19(18)29-3)23-20(25)10-11-24-21(26)12-15-6-4-5-7-17(15)22(24)27/h4-9,13-14H,10-12H2,1-3H3,(H,23,25)/t14-/m0/s1. The maximum absolute atomic E-state index is 12.6. The van der Waals surface area contributed by atoms with Gasteiger partial charge in [-0.05, 0) is 36.8 Å². The number of rotatable bonds is 7. The number of benzene rings is 2. The van der Waals surface area contributed by atoms with Gasteiger partial charge in [-0.1, -0.05) is 18.2 Å². The number of methoxy groups -OCH3 is 2. The molecule has 0 saturated carbocycles. The Bertz CT molecular complexity index is 941. The lowest BCUT2D eigenvalue weighted by atomic mass is 9.98. The van der Waals surface area contributed by atoms with Crippen molar-refractivity contribution >= 4 is 17.7 Å². The van der Waals surface area contributed by atoms with Crippen molar-refractivity contribution in [2.24, 2.45) is 0 Å². The van der Waals surface area contributed by atoms with Crippen molar-refractivity contribution in [3.63, 3.8) is 0 Å². The monoisotopic (exact) mass is 396 g/mol. The number of amides is 3. The number of nitrogens with zero attached hydrogens (tertiary/aromatic N) is 1. The average molecular weight is 396 g/mol. The molecule has 29 heavy (non-hydrogen) atoms. The van der Waals surface area contributed by atoms with Crippen molar-refractivity contribution in [1.82, 2.24) is 10.2 Å². The Kier molecular flexibility index (Phi) is 6.16. The minimum absolute atomic E-state index is 0.0241. The number of hydrogen-bond acceptors (Lipinski definition) is 5. The van der Waals surface area contributed by atoms with Gasteiger partial charge in [-0.15, -0.1) is 0 Å². The molecule has 1 aliphatic rings. The van der Waals surface area contributed by atoms with Gasteiger partial charge in [-0.2, -0.15) is 0 Å². The second-order valence-corrected chi connectivity index (χ2v) is 6.83. The minimum atomic E-state index is -0.354. The summed E-state index contributed by atoms with van der Waals surface area (Å²) in [6.07, 6.45) is 0.192. The molecule has 7 nitrogen and oxygen atoms in total. The van der Waals surface area contributed by atoms with Crippen molar-refractivity contribution in [3.8, 4) is 11.5 Å². The Labute approximate surface area is 169 Å². The summed E-state index contributed by atoms with van der Waals surface area (Å²) < 4.78 is 10.6. The fourth-order valence-corrected chi connectivity index (χ4v) is 3.41. The molecule has 3 rings (SSSR count). The number of hydrogen-bond donors (Lipinski definition) is 1. The van der Waals surface area contributed by atoms with E-state index in [2.05, 4.69) is 5.32 Å². The summed E-state index contributed by atoms with van der Waals surface area (Å²) in [6, 6.07) is 12.1. The summed E-state index contributed by atoms with van der Waals surface area (Å²) in [5, 5.41) is 2.89. The van der Waals surface area contributed by atoms with Crippen LogP contribution >= 0.6 is 0 Å². The topological polar surface area (TPSA) is 84.9 Å². The molecule has 0 aromatic heterocycles. The molecule has 2 aromatic rings. The molecule has 0 unspecified atom stereocenters. The van der Waals surface area contributed by atoms with E-state index < -0.39 is 0 Å². The Balaban J connectivity index is 1.63. The number of ether oxygens (including phenoxy) is 2. The first-order valence-corrected chi connectivity index (χ1v) is 9.38. The predicted octanol–water partition coefficient (Wildman–Crippen LogP) is 2.50. The summed E-state index contributed by atoms with van der Waals surface area (Å²) in [5.41, 5.74) is 2.02. The first kappa shape index (κ1) is 20.4. The number of nitrogens with one attached hydrogen (secondary N) is 1. The molecule has 1 heterocycles. The maximum atomic E-state index is 12.6. The molecular weight excluding hydrogens is 372 g/mol. The molecule has 7 heteroatoms. The molecule has 0 bridgehead atoms. The normalized spacial score (nSPS) is 14.2. The van der Waals surface area contributed by atoms with E-state index in [0.29, 0.717) is 17.1 Å². The Morgan fingerprint density at radius 2 is 1.90 bits per heavy atom. The fourth-order valence-electron chi connectivity index (χ4n) is 3.41. The average Bonchev–Trinajstić information content (AvgIpc) is 2.73. The van der Waals surface area contributed by atoms with Gasteiger partial charge in [0.15, 0.2) is 0 Å². The SMILES string of the molecule is COc1ccc(OC)c([C@H](C)NC(=O)CCN2C(=O)Cc3ccccc3C2=O)c1. The van der Waals surface area contributed by atoms with Crippen LogP contribution in [0.3, 0.4) is 0 Å². The second kappa shape index (κ2) is 8.77. The summed E-state index contributed by atoms with van der Waals surface area (Å²) >= 11 is 0. The van der Waals surface area contributed by atoms with Gasteiger partial charge in [-0.3, -0.25) is 19.3 Å². The summed E-state index contributed by atoms with van der Waals surface area (Å²) in [5.74, 6) is 0.389. The van der Waals surface area contributed by atoms with Crippen molar-refractivity contribution in [1.29, 1.82) is 0 Å². The Hall–Kier alpha value is -3.35. The third-order valence-corrected chi connectivity index (χ3v) is 4.98. The largest absolute Gasteiger partial charge is 0.497 e. The van der Waals surface area contributed by atoms with E-state index in [9.17, 15) is 14.4 Å². The van der Waals surface area contributed by atoms with Gasteiger partial charge >= 0.3 is 0 Å². The molecule has 3 amide bonds. The van der Waals surface area contributed by atoms with E-state index in [-0.39, 0.29) is 43.1 Å². The molecule has 0 radical (unpaired) electrons. The van der Waals surface area contributed by atoms with Gasteiger partial charge in [0.05, 0.1) is 26.7 Å². The quantitative estimate of drug-likeness (QED) is 0.727. The fraction of sp³-hybridized carbons (Fsp3) is 0.318. The molecule has 0 spiro atoms. The zero-order valence-electron chi connectivity index (χ0n) is 16.7. The first-order valence-electron chi connectivity index (χ1n) is 9.38. The van der Waals surface area contributed by atoms with Crippen LogP contribution in [0.5, 0.6) is 11.5 Å². The van der Waals surface area contributed by atoms with Gasteiger partial charge in [0.1, 0.15) is 11.5 Å². The smallest absolute Gasteiger partial charge is 0.260 e. The maximum Gasteiger partial charge on any atom is 0.260 e. The van der Waals surface area contributed by atoms with Gasteiger partial charge in [0.25, 0.3) is 5.91 Å².